The second-order valence-electron chi connectivity index (χ2n) is 5.34. The molecule has 0 radical (unpaired) electrons. The Kier molecular flexibility index (Phi) is 7.14. The third-order valence-electron chi connectivity index (χ3n) is 3.45. The van der Waals surface area contributed by atoms with Gasteiger partial charge < -0.3 is 14.6 Å². The molecule has 8 heteroatoms. The summed E-state index contributed by atoms with van der Waals surface area (Å²) in [6.07, 6.45) is -1.02. The van der Waals surface area contributed by atoms with Crippen molar-refractivity contribution >= 4 is 16.0 Å². The molecule has 0 aliphatic carbocycles. The van der Waals surface area contributed by atoms with Crippen molar-refractivity contribution in [3.63, 3.8) is 0 Å². The number of hydrogen-bond donors (Lipinski definition) is 2. The minimum absolute atomic E-state index is 0.134. The summed E-state index contributed by atoms with van der Waals surface area (Å²) in [6.45, 7) is 1.62. The molecule has 1 unspecified atom stereocenters. The molecule has 0 bridgehead atoms. The van der Waals surface area contributed by atoms with Gasteiger partial charge in [-0.25, -0.2) is 17.9 Å². The van der Waals surface area contributed by atoms with Gasteiger partial charge in [-0.05, 0) is 36.8 Å². The molecule has 2 N–H and O–H groups in total. The number of hydrogen-bond acceptors (Lipinski definition) is 6. The zero-order valence-corrected chi connectivity index (χ0v) is 15.1. The average Bonchev–Trinajstić information content (AvgIpc) is 2.66. The van der Waals surface area contributed by atoms with Gasteiger partial charge in [0.1, 0.15) is 5.75 Å². The zero-order chi connectivity index (χ0) is 19.0. The van der Waals surface area contributed by atoms with Crippen LogP contribution < -0.4 is 9.46 Å². The van der Waals surface area contributed by atoms with Crippen molar-refractivity contribution in [1.82, 2.24) is 4.72 Å². The maximum Gasteiger partial charge on any atom is 0.344 e. The van der Waals surface area contributed by atoms with Crippen molar-refractivity contribution in [2.24, 2.45) is 0 Å². The molecule has 7 nitrogen and oxygen atoms in total. The van der Waals surface area contributed by atoms with E-state index in [4.69, 9.17) is 9.47 Å². The van der Waals surface area contributed by atoms with Crippen LogP contribution in [0.5, 0.6) is 5.75 Å². The van der Waals surface area contributed by atoms with E-state index in [0.29, 0.717) is 11.3 Å². The Morgan fingerprint density at radius 2 is 1.77 bits per heavy atom. The largest absolute Gasteiger partial charge is 0.482 e. The van der Waals surface area contributed by atoms with Gasteiger partial charge in [-0.3, -0.25) is 0 Å². The van der Waals surface area contributed by atoms with Gasteiger partial charge in [-0.1, -0.05) is 30.3 Å². The molecule has 2 aromatic rings. The monoisotopic (exact) mass is 379 g/mol. The van der Waals surface area contributed by atoms with Gasteiger partial charge >= 0.3 is 5.97 Å². The molecule has 0 amide bonds. The van der Waals surface area contributed by atoms with E-state index in [1.165, 1.54) is 12.1 Å². The van der Waals surface area contributed by atoms with Crippen molar-refractivity contribution < 1.29 is 27.8 Å². The summed E-state index contributed by atoms with van der Waals surface area (Å²) in [4.78, 5) is 11.4. The van der Waals surface area contributed by atoms with Crippen molar-refractivity contribution in [2.75, 3.05) is 19.8 Å². The third kappa shape index (κ3) is 5.83. The van der Waals surface area contributed by atoms with Crippen LogP contribution in [0.3, 0.4) is 0 Å². The molecule has 140 valence electrons. The van der Waals surface area contributed by atoms with Gasteiger partial charge in [0, 0.05) is 6.54 Å². The maximum atomic E-state index is 12.1. The van der Waals surface area contributed by atoms with Crippen molar-refractivity contribution in [3.8, 4) is 5.75 Å². The summed E-state index contributed by atoms with van der Waals surface area (Å²) in [5.41, 5.74) is 0.518. The number of carbonyl (C=O) groups is 1. The summed E-state index contributed by atoms with van der Waals surface area (Å²) >= 11 is 0. The molecule has 0 spiro atoms. The van der Waals surface area contributed by atoms with Crippen LogP contribution in [-0.4, -0.2) is 39.3 Å². The average molecular weight is 379 g/mol. The minimum Gasteiger partial charge on any atom is -0.482 e. The van der Waals surface area contributed by atoms with Crippen LogP contribution in [0, 0.1) is 0 Å². The molecule has 0 aliphatic heterocycles. The highest BCUT2D eigenvalue weighted by Gasteiger charge is 2.16. The molecule has 0 heterocycles. The van der Waals surface area contributed by atoms with Gasteiger partial charge in [0.15, 0.2) is 6.61 Å². The van der Waals surface area contributed by atoms with E-state index in [1.54, 1.807) is 49.4 Å². The number of carbonyl (C=O) groups excluding carboxylic acids is 1. The third-order valence-corrected chi connectivity index (χ3v) is 4.89. The first-order valence-corrected chi connectivity index (χ1v) is 9.52. The number of esters is 1. The van der Waals surface area contributed by atoms with E-state index in [0.717, 1.165) is 0 Å². The van der Waals surface area contributed by atoms with E-state index in [-0.39, 0.29) is 24.7 Å². The van der Waals surface area contributed by atoms with Crippen LogP contribution in [0.15, 0.2) is 59.5 Å². The Morgan fingerprint density at radius 3 is 2.38 bits per heavy atom. The topological polar surface area (TPSA) is 102 Å². The standard InChI is InChI=1S/C18H21NO6S/c1-2-24-18(21)13-25-15-10-8-14(9-11-15)17(20)12-19-26(22,23)16-6-4-3-5-7-16/h3-11,17,19-20H,2,12-13H2,1H3. The molecule has 2 rings (SSSR count). The minimum atomic E-state index is -3.68. The first-order valence-electron chi connectivity index (χ1n) is 8.03. The molecule has 0 saturated carbocycles. The van der Waals surface area contributed by atoms with E-state index in [9.17, 15) is 18.3 Å². The van der Waals surface area contributed by atoms with Crippen LogP contribution in [-0.2, 0) is 19.6 Å². The lowest BCUT2D eigenvalue weighted by Crippen LogP contribution is -2.28. The molecule has 0 saturated heterocycles. The van der Waals surface area contributed by atoms with E-state index < -0.39 is 22.1 Å². The van der Waals surface area contributed by atoms with Gasteiger partial charge in [-0.15, -0.1) is 0 Å². The highest BCUT2D eigenvalue weighted by atomic mass is 32.2. The van der Waals surface area contributed by atoms with Crippen LogP contribution in [0.1, 0.15) is 18.6 Å². The summed E-state index contributed by atoms with van der Waals surface area (Å²) in [7, 11) is -3.68. The number of rotatable bonds is 9. The SMILES string of the molecule is CCOC(=O)COc1ccc(C(O)CNS(=O)(=O)c2ccccc2)cc1. The normalized spacial score (nSPS) is 12.4. The molecule has 0 aliphatic rings. The summed E-state index contributed by atoms with van der Waals surface area (Å²) in [5, 5.41) is 10.2. The molecular weight excluding hydrogens is 358 g/mol. The fourth-order valence-electron chi connectivity index (χ4n) is 2.12. The molecule has 2 aromatic carbocycles. The predicted octanol–water partition coefficient (Wildman–Crippen LogP) is 1.64. The molecule has 0 aromatic heterocycles. The highest BCUT2D eigenvalue weighted by Crippen LogP contribution is 2.18. The second kappa shape index (κ2) is 9.33. The van der Waals surface area contributed by atoms with E-state index in [2.05, 4.69) is 4.72 Å². The van der Waals surface area contributed by atoms with Crippen LogP contribution in [0.25, 0.3) is 0 Å². The lowest BCUT2D eigenvalue weighted by Gasteiger charge is -2.13. The highest BCUT2D eigenvalue weighted by molar-refractivity contribution is 7.89. The Bertz CT molecular complexity index is 805. The Hall–Kier alpha value is -2.42. The second-order valence-corrected chi connectivity index (χ2v) is 7.11. The lowest BCUT2D eigenvalue weighted by atomic mass is 10.1. The van der Waals surface area contributed by atoms with E-state index in [1.807, 2.05) is 0 Å². The van der Waals surface area contributed by atoms with Crippen LogP contribution >= 0.6 is 0 Å². The predicted molar refractivity (Wildman–Crippen MR) is 95.2 cm³/mol. The van der Waals surface area contributed by atoms with Crippen LogP contribution in [0.2, 0.25) is 0 Å². The van der Waals surface area contributed by atoms with Crippen molar-refractivity contribution in [3.05, 3.63) is 60.2 Å². The van der Waals surface area contributed by atoms with E-state index >= 15 is 0 Å². The summed E-state index contributed by atoms with van der Waals surface area (Å²) < 4.78 is 36.7. The quantitative estimate of drug-likeness (QED) is 0.642. The number of ether oxygens (including phenoxy) is 2. The summed E-state index contributed by atoms with van der Waals surface area (Å²) in [6, 6.07) is 14.3. The number of sulfonamides is 1. The lowest BCUT2D eigenvalue weighted by molar-refractivity contribution is -0.145. The smallest absolute Gasteiger partial charge is 0.344 e. The Morgan fingerprint density at radius 1 is 1.12 bits per heavy atom. The zero-order valence-electron chi connectivity index (χ0n) is 14.3. The first-order chi connectivity index (χ1) is 12.4. The summed E-state index contributed by atoms with van der Waals surface area (Å²) in [5.74, 6) is -0.0224. The fourth-order valence-corrected chi connectivity index (χ4v) is 3.18. The molecule has 1 atom stereocenters. The van der Waals surface area contributed by atoms with Crippen molar-refractivity contribution in [1.29, 1.82) is 0 Å². The van der Waals surface area contributed by atoms with Gasteiger partial charge in [-0.2, -0.15) is 0 Å². The number of aliphatic hydroxyl groups is 1. The molecule has 26 heavy (non-hydrogen) atoms. The van der Waals surface area contributed by atoms with Gasteiger partial charge in [0.25, 0.3) is 0 Å². The first kappa shape index (κ1) is 19.9. The molecular formula is C18H21NO6S. The van der Waals surface area contributed by atoms with Gasteiger partial charge in [0.05, 0.1) is 17.6 Å². The maximum absolute atomic E-state index is 12.1. The number of aliphatic hydroxyl groups excluding tert-OH is 1. The Labute approximate surface area is 152 Å². The Balaban J connectivity index is 1.89. The number of benzene rings is 2. The van der Waals surface area contributed by atoms with Gasteiger partial charge in [0.2, 0.25) is 10.0 Å². The fraction of sp³-hybridized carbons (Fsp3) is 0.278. The van der Waals surface area contributed by atoms with Crippen molar-refractivity contribution in [2.45, 2.75) is 17.9 Å². The molecule has 0 fully saturated rings. The number of nitrogens with one attached hydrogen (secondary N) is 1. The van der Waals surface area contributed by atoms with Crippen LogP contribution in [0.4, 0.5) is 0 Å².